The summed E-state index contributed by atoms with van der Waals surface area (Å²) >= 11 is 0. The minimum absolute atomic E-state index is 0.0775. The molecule has 1 aromatic heterocycles. The van der Waals surface area contributed by atoms with Crippen molar-refractivity contribution in [1.29, 1.82) is 0 Å². The van der Waals surface area contributed by atoms with Crippen LogP contribution in [0.3, 0.4) is 0 Å². The molecule has 2 amide bonds. The lowest BCUT2D eigenvalue weighted by Crippen LogP contribution is -2.51. The first-order valence-corrected chi connectivity index (χ1v) is 9.96. The van der Waals surface area contributed by atoms with Crippen LogP contribution in [0.25, 0.3) is 0 Å². The zero-order chi connectivity index (χ0) is 19.5. The Bertz CT molecular complexity index is 883. The first-order chi connectivity index (χ1) is 12.0. The molecule has 1 fully saturated rings. The third-order valence-electron chi connectivity index (χ3n) is 5.47. The standard InChI is InChI=1S/C16H24N4O5S/c1-15(2,9-21)26(24,25)16(5-6-16)8-20-7-4-10-11(13(17)22)18-19(3)12(10)14(20)23/h21H,4-9H2,1-3H3,(H2,17,22). The van der Waals surface area contributed by atoms with E-state index in [-0.39, 0.29) is 23.8 Å². The minimum Gasteiger partial charge on any atom is -0.395 e. The molecule has 0 radical (unpaired) electrons. The molecule has 3 N–H and O–H groups in total. The van der Waals surface area contributed by atoms with E-state index in [0.717, 1.165) is 0 Å². The van der Waals surface area contributed by atoms with E-state index < -0.39 is 31.8 Å². The number of rotatable bonds is 6. The van der Waals surface area contributed by atoms with Crippen LogP contribution in [0, 0.1) is 0 Å². The van der Waals surface area contributed by atoms with E-state index >= 15 is 0 Å². The quantitative estimate of drug-likeness (QED) is 0.661. The maximum Gasteiger partial charge on any atom is 0.272 e. The van der Waals surface area contributed by atoms with Gasteiger partial charge < -0.3 is 15.7 Å². The number of hydrogen-bond acceptors (Lipinski definition) is 6. The molecule has 0 unspecified atom stereocenters. The van der Waals surface area contributed by atoms with Crippen molar-refractivity contribution in [3.05, 3.63) is 17.0 Å². The molecule has 3 rings (SSSR count). The second-order valence-corrected chi connectivity index (χ2v) is 10.7. The highest BCUT2D eigenvalue weighted by Gasteiger charge is 2.60. The number of nitrogens with zero attached hydrogens (tertiary/aromatic N) is 3. The molecule has 0 saturated heterocycles. The summed E-state index contributed by atoms with van der Waals surface area (Å²) in [7, 11) is -2.08. The highest BCUT2D eigenvalue weighted by Crippen LogP contribution is 2.49. The van der Waals surface area contributed by atoms with Crippen LogP contribution in [0.2, 0.25) is 0 Å². The number of aromatic nitrogens is 2. The number of amides is 2. The van der Waals surface area contributed by atoms with Crippen LogP contribution < -0.4 is 5.73 Å². The van der Waals surface area contributed by atoms with Gasteiger partial charge in [-0.3, -0.25) is 14.3 Å². The number of aliphatic hydroxyl groups excluding tert-OH is 1. The van der Waals surface area contributed by atoms with Crippen molar-refractivity contribution in [3.8, 4) is 0 Å². The van der Waals surface area contributed by atoms with Crippen molar-refractivity contribution in [2.24, 2.45) is 12.8 Å². The van der Waals surface area contributed by atoms with Gasteiger partial charge in [0.05, 0.1) is 16.1 Å². The smallest absolute Gasteiger partial charge is 0.272 e. The van der Waals surface area contributed by atoms with Crippen LogP contribution in [-0.4, -0.2) is 69.2 Å². The first-order valence-electron chi connectivity index (χ1n) is 8.47. The average molecular weight is 384 g/mol. The molecule has 0 bridgehead atoms. The van der Waals surface area contributed by atoms with E-state index in [9.17, 15) is 23.1 Å². The highest BCUT2D eigenvalue weighted by atomic mass is 32.2. The number of primary amides is 1. The molecule has 2 aliphatic rings. The van der Waals surface area contributed by atoms with Gasteiger partial charge in [-0.15, -0.1) is 0 Å². The van der Waals surface area contributed by atoms with Crippen molar-refractivity contribution >= 4 is 21.7 Å². The van der Waals surface area contributed by atoms with Gasteiger partial charge in [0.25, 0.3) is 11.8 Å². The minimum atomic E-state index is -3.64. The van der Waals surface area contributed by atoms with Gasteiger partial charge in [-0.25, -0.2) is 8.42 Å². The summed E-state index contributed by atoms with van der Waals surface area (Å²) in [5, 5.41) is 13.5. The van der Waals surface area contributed by atoms with E-state index in [4.69, 9.17) is 5.73 Å². The Kier molecular flexibility index (Phi) is 4.19. The Morgan fingerprint density at radius 3 is 2.50 bits per heavy atom. The molecule has 1 saturated carbocycles. The Balaban J connectivity index is 1.90. The van der Waals surface area contributed by atoms with Gasteiger partial charge in [-0.2, -0.15) is 5.10 Å². The third kappa shape index (κ3) is 2.54. The SMILES string of the molecule is Cn1nc(C(N)=O)c2c1C(=O)N(CC1(S(=O)(=O)C(C)(C)CO)CC1)CC2. The molecule has 1 aliphatic carbocycles. The molecule has 10 heteroatoms. The largest absolute Gasteiger partial charge is 0.395 e. The molecule has 0 atom stereocenters. The summed E-state index contributed by atoms with van der Waals surface area (Å²) in [6, 6.07) is 0. The molecule has 1 aromatic rings. The molecule has 1 aliphatic heterocycles. The van der Waals surface area contributed by atoms with E-state index in [1.54, 1.807) is 7.05 Å². The fourth-order valence-electron chi connectivity index (χ4n) is 3.59. The van der Waals surface area contributed by atoms with Gasteiger partial charge in [0, 0.05) is 25.7 Å². The number of nitrogens with two attached hydrogens (primary N) is 1. The Morgan fingerprint density at radius 2 is 2.00 bits per heavy atom. The second kappa shape index (κ2) is 5.78. The van der Waals surface area contributed by atoms with E-state index in [1.807, 2.05) is 0 Å². The molecule has 9 nitrogen and oxygen atoms in total. The number of aliphatic hydroxyl groups is 1. The molecule has 0 aromatic carbocycles. The Morgan fingerprint density at radius 1 is 1.38 bits per heavy atom. The Hall–Kier alpha value is -1.94. The number of carbonyl (C=O) groups is 2. The number of hydrogen-bond donors (Lipinski definition) is 2. The predicted molar refractivity (Wildman–Crippen MR) is 93.4 cm³/mol. The topological polar surface area (TPSA) is 136 Å². The molecule has 144 valence electrons. The number of fused-ring (bicyclic) bond motifs is 1. The maximum atomic E-state index is 13.0. The van der Waals surface area contributed by atoms with Gasteiger partial charge in [0.2, 0.25) is 0 Å². The van der Waals surface area contributed by atoms with Crippen LogP contribution in [0.15, 0.2) is 0 Å². The molecule has 2 heterocycles. The lowest BCUT2D eigenvalue weighted by molar-refractivity contribution is 0.0724. The molecule has 26 heavy (non-hydrogen) atoms. The predicted octanol–water partition coefficient (Wildman–Crippen LogP) is -0.764. The number of sulfone groups is 1. The lowest BCUT2D eigenvalue weighted by atomic mass is 10.0. The van der Waals surface area contributed by atoms with Crippen molar-refractivity contribution in [2.45, 2.75) is 42.6 Å². The summed E-state index contributed by atoms with van der Waals surface area (Å²) in [6.45, 7) is 2.90. The van der Waals surface area contributed by atoms with Crippen molar-refractivity contribution in [3.63, 3.8) is 0 Å². The summed E-state index contributed by atoms with van der Waals surface area (Å²) < 4.78 is 25.0. The highest BCUT2D eigenvalue weighted by molar-refractivity contribution is 7.94. The third-order valence-corrected chi connectivity index (χ3v) is 8.73. The first kappa shape index (κ1) is 18.8. The fraction of sp³-hybridized carbons (Fsp3) is 0.688. The number of aryl methyl sites for hydroxylation is 1. The second-order valence-electron chi connectivity index (χ2n) is 7.74. The van der Waals surface area contributed by atoms with E-state index in [1.165, 1.54) is 23.4 Å². The maximum absolute atomic E-state index is 13.0. The van der Waals surface area contributed by atoms with Crippen molar-refractivity contribution in [2.75, 3.05) is 19.7 Å². The monoisotopic (exact) mass is 384 g/mol. The zero-order valence-electron chi connectivity index (χ0n) is 15.2. The normalized spacial score (nSPS) is 19.4. The summed E-state index contributed by atoms with van der Waals surface area (Å²) in [5.41, 5.74) is 6.20. The molecule has 0 spiro atoms. The Labute approximate surface area is 152 Å². The summed E-state index contributed by atoms with van der Waals surface area (Å²) in [5.74, 6) is -1.04. The lowest BCUT2D eigenvalue weighted by Gasteiger charge is -2.34. The zero-order valence-corrected chi connectivity index (χ0v) is 16.0. The van der Waals surface area contributed by atoms with Crippen LogP contribution in [0.5, 0.6) is 0 Å². The van der Waals surface area contributed by atoms with Gasteiger partial charge in [-0.05, 0) is 33.1 Å². The van der Waals surface area contributed by atoms with E-state index in [0.29, 0.717) is 31.4 Å². The van der Waals surface area contributed by atoms with Gasteiger partial charge >= 0.3 is 0 Å². The van der Waals surface area contributed by atoms with Crippen molar-refractivity contribution < 1.29 is 23.1 Å². The number of carbonyl (C=O) groups excluding carboxylic acids is 2. The van der Waals surface area contributed by atoms with Gasteiger partial charge in [0.1, 0.15) is 5.69 Å². The van der Waals surface area contributed by atoms with Crippen LogP contribution in [-0.2, 0) is 23.3 Å². The summed E-state index contributed by atoms with van der Waals surface area (Å²) in [6.07, 6.45) is 1.33. The van der Waals surface area contributed by atoms with Crippen molar-refractivity contribution in [1.82, 2.24) is 14.7 Å². The van der Waals surface area contributed by atoms with Crippen LogP contribution in [0.4, 0.5) is 0 Å². The van der Waals surface area contributed by atoms with Crippen LogP contribution in [0.1, 0.15) is 53.2 Å². The average Bonchev–Trinajstić information content (AvgIpc) is 3.27. The van der Waals surface area contributed by atoms with Crippen LogP contribution >= 0.6 is 0 Å². The van der Waals surface area contributed by atoms with Gasteiger partial charge in [0.15, 0.2) is 15.5 Å². The fourth-order valence-corrected chi connectivity index (χ4v) is 5.90. The van der Waals surface area contributed by atoms with E-state index in [2.05, 4.69) is 5.10 Å². The van der Waals surface area contributed by atoms with Gasteiger partial charge in [-0.1, -0.05) is 0 Å². The molecular weight excluding hydrogens is 360 g/mol. The molecular formula is C16H24N4O5S. The summed E-state index contributed by atoms with van der Waals surface area (Å²) in [4.78, 5) is 25.9.